The van der Waals surface area contributed by atoms with Crippen molar-refractivity contribution in [2.24, 2.45) is 0 Å². The van der Waals surface area contributed by atoms with Gasteiger partial charge in [-0.3, -0.25) is 9.69 Å². The maximum atomic E-state index is 12.3. The quantitative estimate of drug-likeness (QED) is 0.864. The molecule has 1 aliphatic heterocycles. The number of morpholine rings is 1. The van der Waals surface area contributed by atoms with Crippen molar-refractivity contribution in [3.05, 3.63) is 29.8 Å². The van der Waals surface area contributed by atoms with Crippen LogP contribution in [0.25, 0.3) is 0 Å². The van der Waals surface area contributed by atoms with E-state index >= 15 is 0 Å². The Bertz CT molecular complexity index is 457. The van der Waals surface area contributed by atoms with E-state index in [1.54, 1.807) is 6.07 Å². The van der Waals surface area contributed by atoms with Crippen LogP contribution in [0, 0.1) is 0 Å². The number of carbonyl (C=O) groups is 1. The highest BCUT2D eigenvalue weighted by Gasteiger charge is 2.14. The summed E-state index contributed by atoms with van der Waals surface area (Å²) >= 11 is 0. The van der Waals surface area contributed by atoms with Gasteiger partial charge in [0.25, 0.3) is 5.91 Å². The highest BCUT2D eigenvalue weighted by atomic mass is 16.5. The number of carbonyl (C=O) groups excluding carboxylic acids is 1. The fourth-order valence-corrected chi connectivity index (χ4v) is 2.26. The Morgan fingerprint density at radius 2 is 2.05 bits per heavy atom. The van der Waals surface area contributed by atoms with Crippen molar-refractivity contribution in [1.82, 2.24) is 10.2 Å². The third kappa shape index (κ3) is 5.02. The summed E-state index contributed by atoms with van der Waals surface area (Å²) in [7, 11) is 0. The highest BCUT2D eigenvalue weighted by molar-refractivity contribution is 5.96. The van der Waals surface area contributed by atoms with E-state index in [1.807, 2.05) is 32.0 Å². The van der Waals surface area contributed by atoms with Gasteiger partial charge in [-0.05, 0) is 26.0 Å². The van der Waals surface area contributed by atoms with E-state index < -0.39 is 0 Å². The number of hydrogen-bond acceptors (Lipinski definition) is 4. The number of benzene rings is 1. The van der Waals surface area contributed by atoms with Crippen LogP contribution in [-0.2, 0) is 4.74 Å². The molecular formula is C16H24N2O3. The second kappa shape index (κ2) is 8.00. The van der Waals surface area contributed by atoms with Crippen molar-refractivity contribution >= 4 is 5.91 Å². The molecule has 2 rings (SSSR count). The van der Waals surface area contributed by atoms with Gasteiger partial charge in [0.15, 0.2) is 0 Å². The summed E-state index contributed by atoms with van der Waals surface area (Å²) in [6.45, 7) is 8.81. The Hall–Kier alpha value is -1.59. The molecule has 0 unspecified atom stereocenters. The maximum Gasteiger partial charge on any atom is 0.255 e. The molecule has 1 aromatic rings. The molecule has 1 heterocycles. The zero-order valence-corrected chi connectivity index (χ0v) is 12.8. The van der Waals surface area contributed by atoms with Gasteiger partial charge >= 0.3 is 0 Å². The molecule has 0 saturated carbocycles. The summed E-state index contributed by atoms with van der Waals surface area (Å²) in [5.74, 6) is 0.552. The first-order valence-electron chi connectivity index (χ1n) is 7.51. The van der Waals surface area contributed by atoms with E-state index in [-0.39, 0.29) is 12.0 Å². The SMILES string of the molecule is CC(C)Oc1ccccc1C(=O)NCCN1CCOCC1. The lowest BCUT2D eigenvalue weighted by molar-refractivity contribution is 0.0383. The lowest BCUT2D eigenvalue weighted by Crippen LogP contribution is -2.41. The predicted octanol–water partition coefficient (Wildman–Crippen LogP) is 1.54. The average Bonchev–Trinajstić information content (AvgIpc) is 2.48. The lowest BCUT2D eigenvalue weighted by Gasteiger charge is -2.26. The third-order valence-corrected chi connectivity index (χ3v) is 3.31. The molecule has 116 valence electrons. The lowest BCUT2D eigenvalue weighted by atomic mass is 10.2. The van der Waals surface area contributed by atoms with Gasteiger partial charge in [0.2, 0.25) is 0 Å². The summed E-state index contributed by atoms with van der Waals surface area (Å²) in [4.78, 5) is 14.5. The Balaban J connectivity index is 1.85. The van der Waals surface area contributed by atoms with Crippen molar-refractivity contribution in [2.75, 3.05) is 39.4 Å². The first-order chi connectivity index (χ1) is 10.2. The molecule has 0 atom stereocenters. The summed E-state index contributed by atoms with van der Waals surface area (Å²) in [6, 6.07) is 7.35. The average molecular weight is 292 g/mol. The topological polar surface area (TPSA) is 50.8 Å². The Morgan fingerprint density at radius 3 is 2.76 bits per heavy atom. The predicted molar refractivity (Wildman–Crippen MR) is 81.8 cm³/mol. The summed E-state index contributed by atoms with van der Waals surface area (Å²) in [5, 5.41) is 2.96. The van der Waals surface area contributed by atoms with Crippen LogP contribution in [0.1, 0.15) is 24.2 Å². The van der Waals surface area contributed by atoms with Gasteiger partial charge in [-0.1, -0.05) is 12.1 Å². The van der Waals surface area contributed by atoms with Gasteiger partial charge < -0.3 is 14.8 Å². The fraction of sp³-hybridized carbons (Fsp3) is 0.562. The molecule has 1 N–H and O–H groups in total. The fourth-order valence-electron chi connectivity index (χ4n) is 2.26. The zero-order chi connectivity index (χ0) is 15.1. The Morgan fingerprint density at radius 1 is 1.33 bits per heavy atom. The second-order valence-corrected chi connectivity index (χ2v) is 5.37. The molecule has 0 aliphatic carbocycles. The van der Waals surface area contributed by atoms with Crippen LogP contribution < -0.4 is 10.1 Å². The smallest absolute Gasteiger partial charge is 0.255 e. The minimum absolute atomic E-state index is 0.0484. The highest BCUT2D eigenvalue weighted by Crippen LogP contribution is 2.19. The van der Waals surface area contributed by atoms with Crippen LogP contribution in [0.4, 0.5) is 0 Å². The number of nitrogens with zero attached hydrogens (tertiary/aromatic N) is 1. The molecule has 1 aliphatic rings. The molecule has 1 aromatic carbocycles. The molecule has 0 spiro atoms. The number of hydrogen-bond donors (Lipinski definition) is 1. The minimum atomic E-state index is -0.0838. The van der Waals surface area contributed by atoms with Gasteiger partial charge in [-0.2, -0.15) is 0 Å². The van der Waals surface area contributed by atoms with Crippen molar-refractivity contribution in [3.63, 3.8) is 0 Å². The zero-order valence-electron chi connectivity index (χ0n) is 12.8. The Labute approximate surface area is 126 Å². The van der Waals surface area contributed by atoms with Crippen molar-refractivity contribution < 1.29 is 14.3 Å². The monoisotopic (exact) mass is 292 g/mol. The number of amides is 1. The number of nitrogens with one attached hydrogen (secondary N) is 1. The molecule has 0 bridgehead atoms. The Kier molecular flexibility index (Phi) is 6.02. The van der Waals surface area contributed by atoms with Crippen LogP contribution >= 0.6 is 0 Å². The van der Waals surface area contributed by atoms with Crippen LogP contribution in [0.2, 0.25) is 0 Å². The van der Waals surface area contributed by atoms with Gasteiger partial charge in [-0.15, -0.1) is 0 Å². The number of ether oxygens (including phenoxy) is 2. The van der Waals surface area contributed by atoms with Crippen LogP contribution in [0.15, 0.2) is 24.3 Å². The van der Waals surface area contributed by atoms with Crippen LogP contribution in [0.5, 0.6) is 5.75 Å². The minimum Gasteiger partial charge on any atom is -0.490 e. The molecule has 1 amide bonds. The molecule has 0 radical (unpaired) electrons. The summed E-state index contributed by atoms with van der Waals surface area (Å²) < 4.78 is 11.0. The molecule has 0 aromatic heterocycles. The van der Waals surface area contributed by atoms with E-state index in [9.17, 15) is 4.79 Å². The molecular weight excluding hydrogens is 268 g/mol. The molecule has 5 nitrogen and oxygen atoms in total. The maximum absolute atomic E-state index is 12.3. The van der Waals surface area contributed by atoms with E-state index in [2.05, 4.69) is 10.2 Å². The standard InChI is InChI=1S/C16H24N2O3/c1-13(2)21-15-6-4-3-5-14(15)16(19)17-7-8-18-9-11-20-12-10-18/h3-6,13H,7-12H2,1-2H3,(H,17,19). The third-order valence-electron chi connectivity index (χ3n) is 3.31. The van der Waals surface area contributed by atoms with E-state index in [1.165, 1.54) is 0 Å². The normalized spacial score (nSPS) is 16.0. The second-order valence-electron chi connectivity index (χ2n) is 5.37. The molecule has 21 heavy (non-hydrogen) atoms. The van der Waals surface area contributed by atoms with Gasteiger partial charge in [0.05, 0.1) is 24.9 Å². The van der Waals surface area contributed by atoms with E-state index in [0.29, 0.717) is 17.9 Å². The van der Waals surface area contributed by atoms with Crippen molar-refractivity contribution in [2.45, 2.75) is 20.0 Å². The van der Waals surface area contributed by atoms with E-state index in [4.69, 9.17) is 9.47 Å². The van der Waals surface area contributed by atoms with Crippen molar-refractivity contribution in [3.8, 4) is 5.75 Å². The molecule has 1 fully saturated rings. The van der Waals surface area contributed by atoms with Crippen LogP contribution in [0.3, 0.4) is 0 Å². The number of rotatable bonds is 6. The van der Waals surface area contributed by atoms with Crippen molar-refractivity contribution in [1.29, 1.82) is 0 Å². The van der Waals surface area contributed by atoms with Gasteiger partial charge in [0.1, 0.15) is 5.75 Å². The largest absolute Gasteiger partial charge is 0.490 e. The van der Waals surface area contributed by atoms with Gasteiger partial charge in [-0.25, -0.2) is 0 Å². The molecule has 5 heteroatoms. The number of para-hydroxylation sites is 1. The first kappa shape index (κ1) is 15.8. The summed E-state index contributed by atoms with van der Waals surface area (Å²) in [5.41, 5.74) is 0.591. The van der Waals surface area contributed by atoms with Crippen LogP contribution in [-0.4, -0.2) is 56.3 Å². The molecule has 1 saturated heterocycles. The first-order valence-corrected chi connectivity index (χ1v) is 7.51. The summed E-state index contributed by atoms with van der Waals surface area (Å²) in [6.07, 6.45) is 0.0484. The van der Waals surface area contributed by atoms with Gasteiger partial charge in [0, 0.05) is 26.2 Å². The van der Waals surface area contributed by atoms with E-state index in [0.717, 1.165) is 32.8 Å².